The SMILES string of the molecule is Cc1ccc2c(c1)N(CC(N)=O)C(=O)C(NC(=O)C(Cc1ccccc1)NC(=O)OC(C)(C)C)CC2c1ccccc1. The van der Waals surface area contributed by atoms with Crippen LogP contribution in [0.2, 0.25) is 0 Å². The summed E-state index contributed by atoms with van der Waals surface area (Å²) >= 11 is 0. The smallest absolute Gasteiger partial charge is 0.408 e. The van der Waals surface area contributed by atoms with Crippen LogP contribution in [0.4, 0.5) is 10.5 Å². The number of nitrogens with one attached hydrogen (secondary N) is 2. The molecule has 4 rings (SSSR count). The monoisotopic (exact) mass is 570 g/mol. The molecule has 0 fully saturated rings. The molecule has 3 aromatic rings. The van der Waals surface area contributed by atoms with Gasteiger partial charge in [-0.2, -0.15) is 0 Å². The van der Waals surface area contributed by atoms with E-state index in [1.54, 1.807) is 20.8 Å². The van der Waals surface area contributed by atoms with E-state index >= 15 is 0 Å². The van der Waals surface area contributed by atoms with Crippen molar-refractivity contribution >= 4 is 29.5 Å². The lowest BCUT2D eigenvalue weighted by Crippen LogP contribution is -2.56. The van der Waals surface area contributed by atoms with E-state index < -0.39 is 41.5 Å². The number of carbonyl (C=O) groups excluding carboxylic acids is 4. The Labute approximate surface area is 246 Å². The van der Waals surface area contributed by atoms with E-state index in [4.69, 9.17) is 10.5 Å². The third kappa shape index (κ3) is 7.75. The van der Waals surface area contributed by atoms with Gasteiger partial charge in [0.05, 0.1) is 0 Å². The summed E-state index contributed by atoms with van der Waals surface area (Å²) in [5.74, 6) is -1.94. The lowest BCUT2D eigenvalue weighted by Gasteiger charge is -2.27. The molecule has 1 aliphatic heterocycles. The summed E-state index contributed by atoms with van der Waals surface area (Å²) in [6.07, 6.45) is -0.324. The molecular weight excluding hydrogens is 532 g/mol. The number of nitrogens with two attached hydrogens (primary N) is 1. The topological polar surface area (TPSA) is 131 Å². The Morgan fingerprint density at radius 1 is 1.00 bits per heavy atom. The quantitative estimate of drug-likeness (QED) is 0.377. The molecule has 9 heteroatoms. The highest BCUT2D eigenvalue weighted by Gasteiger charge is 2.38. The zero-order valence-electron chi connectivity index (χ0n) is 24.4. The van der Waals surface area contributed by atoms with Gasteiger partial charge in [-0.15, -0.1) is 0 Å². The zero-order valence-corrected chi connectivity index (χ0v) is 24.4. The summed E-state index contributed by atoms with van der Waals surface area (Å²) in [5, 5.41) is 5.58. The van der Waals surface area contributed by atoms with E-state index in [0.29, 0.717) is 5.69 Å². The van der Waals surface area contributed by atoms with Crippen molar-refractivity contribution in [3.8, 4) is 0 Å². The predicted molar refractivity (Wildman–Crippen MR) is 161 cm³/mol. The van der Waals surface area contributed by atoms with Crippen LogP contribution >= 0.6 is 0 Å². The van der Waals surface area contributed by atoms with Crippen molar-refractivity contribution in [3.63, 3.8) is 0 Å². The zero-order chi connectivity index (χ0) is 30.4. The number of carbonyl (C=O) groups is 4. The number of amides is 4. The standard InChI is InChI=1S/C33H38N4O5/c1-21-15-16-24-25(23-13-9-6-10-14-23)19-27(31(40)37(20-29(34)38)28(24)17-21)35-30(39)26(18-22-11-7-5-8-12-22)36-32(41)42-33(2,3)4/h5-17,25-27H,18-20H2,1-4H3,(H2,34,38)(H,35,39)(H,36,41). The van der Waals surface area contributed by atoms with Gasteiger partial charge in [0.2, 0.25) is 17.7 Å². The summed E-state index contributed by atoms with van der Waals surface area (Å²) in [7, 11) is 0. The first-order valence-electron chi connectivity index (χ1n) is 14.0. The number of hydrogen-bond acceptors (Lipinski definition) is 5. The highest BCUT2D eigenvalue weighted by molar-refractivity contribution is 6.04. The Balaban J connectivity index is 1.70. The van der Waals surface area contributed by atoms with Gasteiger partial charge in [0.15, 0.2) is 0 Å². The van der Waals surface area contributed by atoms with Crippen LogP contribution in [0.3, 0.4) is 0 Å². The average molecular weight is 571 g/mol. The molecule has 0 radical (unpaired) electrons. The average Bonchev–Trinajstić information content (AvgIpc) is 3.03. The fraction of sp³-hybridized carbons (Fsp3) is 0.333. The number of fused-ring (bicyclic) bond motifs is 1. The molecule has 3 unspecified atom stereocenters. The van der Waals surface area contributed by atoms with Crippen LogP contribution in [0.1, 0.15) is 55.4 Å². The van der Waals surface area contributed by atoms with Crippen LogP contribution in [0, 0.1) is 6.92 Å². The summed E-state index contributed by atoms with van der Waals surface area (Å²) in [6, 6.07) is 22.7. The van der Waals surface area contributed by atoms with E-state index in [2.05, 4.69) is 10.6 Å². The van der Waals surface area contributed by atoms with Crippen LogP contribution in [0.15, 0.2) is 78.9 Å². The molecule has 9 nitrogen and oxygen atoms in total. The molecule has 42 heavy (non-hydrogen) atoms. The normalized spacial score (nSPS) is 17.4. The predicted octanol–water partition coefficient (Wildman–Crippen LogP) is 3.97. The van der Waals surface area contributed by atoms with Gasteiger partial charge >= 0.3 is 6.09 Å². The van der Waals surface area contributed by atoms with Gasteiger partial charge in [0.25, 0.3) is 0 Å². The molecule has 0 aromatic heterocycles. The number of aryl methyl sites for hydroxylation is 1. The Bertz CT molecular complexity index is 1440. The largest absolute Gasteiger partial charge is 0.444 e. The highest BCUT2D eigenvalue weighted by atomic mass is 16.6. The Hall–Kier alpha value is -4.66. The third-order valence-corrected chi connectivity index (χ3v) is 7.01. The minimum atomic E-state index is -1.03. The minimum Gasteiger partial charge on any atom is -0.444 e. The first kappa shape index (κ1) is 30.3. The maximum absolute atomic E-state index is 14.0. The number of rotatable bonds is 8. The molecule has 0 bridgehead atoms. The fourth-order valence-corrected chi connectivity index (χ4v) is 5.17. The van der Waals surface area contributed by atoms with Gasteiger partial charge in [-0.05, 0) is 62.4 Å². The molecule has 4 N–H and O–H groups in total. The van der Waals surface area contributed by atoms with Crippen molar-refractivity contribution in [2.75, 3.05) is 11.4 Å². The second kappa shape index (κ2) is 12.9. The van der Waals surface area contributed by atoms with Crippen LogP contribution in [0.5, 0.6) is 0 Å². The molecule has 0 saturated carbocycles. The second-order valence-corrected chi connectivity index (χ2v) is 11.6. The van der Waals surface area contributed by atoms with Crippen LogP contribution in [0.25, 0.3) is 0 Å². The Morgan fingerprint density at radius 2 is 1.64 bits per heavy atom. The molecule has 220 valence electrons. The van der Waals surface area contributed by atoms with E-state index in [1.165, 1.54) is 4.90 Å². The van der Waals surface area contributed by atoms with Gasteiger partial charge in [-0.1, -0.05) is 72.8 Å². The second-order valence-electron chi connectivity index (χ2n) is 11.6. The molecule has 0 aliphatic carbocycles. The number of alkyl carbamates (subject to hydrolysis) is 1. The fourth-order valence-electron chi connectivity index (χ4n) is 5.17. The van der Waals surface area contributed by atoms with E-state index in [9.17, 15) is 19.2 Å². The van der Waals surface area contributed by atoms with Crippen molar-refractivity contribution in [2.45, 2.75) is 64.1 Å². The van der Waals surface area contributed by atoms with Crippen LogP contribution in [-0.2, 0) is 25.5 Å². The molecule has 0 spiro atoms. The van der Waals surface area contributed by atoms with Crippen molar-refractivity contribution in [1.82, 2.24) is 10.6 Å². The number of hydrogen-bond donors (Lipinski definition) is 3. The minimum absolute atomic E-state index is 0.180. The summed E-state index contributed by atoms with van der Waals surface area (Å²) in [5.41, 5.74) is 8.94. The lowest BCUT2D eigenvalue weighted by molar-refractivity contribution is -0.129. The van der Waals surface area contributed by atoms with E-state index in [1.807, 2.05) is 85.8 Å². The van der Waals surface area contributed by atoms with Crippen molar-refractivity contribution < 1.29 is 23.9 Å². The molecule has 0 saturated heterocycles. The molecule has 3 aromatic carbocycles. The number of ether oxygens (including phenoxy) is 1. The maximum Gasteiger partial charge on any atom is 0.408 e. The molecule has 1 heterocycles. The van der Waals surface area contributed by atoms with Crippen molar-refractivity contribution in [2.24, 2.45) is 5.73 Å². The molecule has 1 aliphatic rings. The van der Waals surface area contributed by atoms with Crippen molar-refractivity contribution in [1.29, 1.82) is 0 Å². The maximum atomic E-state index is 14.0. The van der Waals surface area contributed by atoms with E-state index in [-0.39, 0.29) is 25.3 Å². The molecule has 3 atom stereocenters. The lowest BCUT2D eigenvalue weighted by atomic mass is 9.85. The Kier molecular flexibility index (Phi) is 9.30. The molecule has 4 amide bonds. The molecular formula is C33H38N4O5. The third-order valence-electron chi connectivity index (χ3n) is 7.01. The van der Waals surface area contributed by atoms with E-state index in [0.717, 1.165) is 22.3 Å². The number of primary amides is 1. The van der Waals surface area contributed by atoms with Crippen molar-refractivity contribution in [3.05, 3.63) is 101 Å². The first-order valence-corrected chi connectivity index (χ1v) is 14.0. The summed E-state index contributed by atoms with van der Waals surface area (Å²) < 4.78 is 5.42. The summed E-state index contributed by atoms with van der Waals surface area (Å²) in [6.45, 7) is 6.77. The van der Waals surface area contributed by atoms with Gasteiger partial charge in [-0.25, -0.2) is 4.79 Å². The highest BCUT2D eigenvalue weighted by Crippen LogP contribution is 2.39. The number of anilines is 1. The first-order chi connectivity index (χ1) is 19.9. The summed E-state index contributed by atoms with van der Waals surface area (Å²) in [4.78, 5) is 54.1. The number of benzene rings is 3. The van der Waals surface area contributed by atoms with Gasteiger partial charge in [0, 0.05) is 18.0 Å². The van der Waals surface area contributed by atoms with Crippen LogP contribution in [-0.4, -0.2) is 48.0 Å². The van der Waals surface area contributed by atoms with Crippen LogP contribution < -0.4 is 21.3 Å². The number of nitrogens with zero attached hydrogens (tertiary/aromatic N) is 1. The van der Waals surface area contributed by atoms with Gasteiger partial charge in [-0.3, -0.25) is 14.4 Å². The van der Waals surface area contributed by atoms with Gasteiger partial charge < -0.3 is 26.0 Å². The van der Waals surface area contributed by atoms with Gasteiger partial charge in [0.1, 0.15) is 24.2 Å². The Morgan fingerprint density at radius 3 is 2.26 bits per heavy atom.